The van der Waals surface area contributed by atoms with E-state index in [1.807, 2.05) is 0 Å². The summed E-state index contributed by atoms with van der Waals surface area (Å²) in [7, 11) is 0. The molecule has 0 aromatic heterocycles. The third kappa shape index (κ3) is 3.61. The minimum absolute atomic E-state index is 0.0151. The van der Waals surface area contributed by atoms with Crippen molar-refractivity contribution in [2.75, 3.05) is 6.61 Å². The van der Waals surface area contributed by atoms with Crippen molar-refractivity contribution < 1.29 is 14.6 Å². The molecule has 3 N–H and O–H groups in total. The molecule has 0 aliphatic carbocycles. The predicted octanol–water partition coefficient (Wildman–Crippen LogP) is 2.31. The molecule has 1 aromatic rings. The number of ether oxygens (including phenoxy) is 1. The SMILES string of the molecule is CCOC(=O)C[C@@H](N)c1cc(Cl)cc(C)c1O. The molecular weight excluding hydrogens is 242 g/mol. The second-order valence-electron chi connectivity index (χ2n) is 3.78. The van der Waals surface area contributed by atoms with E-state index in [1.54, 1.807) is 26.0 Å². The Balaban J connectivity index is 2.88. The van der Waals surface area contributed by atoms with Gasteiger partial charge in [-0.3, -0.25) is 4.79 Å². The summed E-state index contributed by atoms with van der Waals surface area (Å²) in [6.45, 7) is 3.76. The third-order valence-corrected chi connectivity index (χ3v) is 2.60. The highest BCUT2D eigenvalue weighted by Gasteiger charge is 2.17. The molecule has 0 fully saturated rings. The van der Waals surface area contributed by atoms with Gasteiger partial charge in [0.2, 0.25) is 0 Å². The van der Waals surface area contributed by atoms with Crippen molar-refractivity contribution >= 4 is 17.6 Å². The molecule has 1 rings (SSSR count). The molecule has 1 aromatic carbocycles. The second kappa shape index (κ2) is 5.89. The van der Waals surface area contributed by atoms with Crippen molar-refractivity contribution in [3.8, 4) is 5.75 Å². The van der Waals surface area contributed by atoms with Crippen LogP contribution in [0.15, 0.2) is 12.1 Å². The van der Waals surface area contributed by atoms with Crippen molar-refractivity contribution in [1.29, 1.82) is 0 Å². The van der Waals surface area contributed by atoms with E-state index in [2.05, 4.69) is 0 Å². The van der Waals surface area contributed by atoms with Crippen LogP contribution in [0.1, 0.15) is 30.5 Å². The quantitative estimate of drug-likeness (QED) is 0.812. The van der Waals surface area contributed by atoms with Gasteiger partial charge in [0.1, 0.15) is 5.75 Å². The maximum Gasteiger partial charge on any atom is 0.307 e. The van der Waals surface area contributed by atoms with E-state index in [-0.39, 0.29) is 12.2 Å². The van der Waals surface area contributed by atoms with Gasteiger partial charge in [0.05, 0.1) is 13.0 Å². The lowest BCUT2D eigenvalue weighted by atomic mass is 10.0. The molecule has 0 aliphatic heterocycles. The van der Waals surface area contributed by atoms with Gasteiger partial charge in [0.15, 0.2) is 0 Å². The van der Waals surface area contributed by atoms with Gasteiger partial charge in [0, 0.05) is 16.6 Å². The predicted molar refractivity (Wildman–Crippen MR) is 66.0 cm³/mol. The van der Waals surface area contributed by atoms with Gasteiger partial charge >= 0.3 is 5.97 Å². The Hall–Kier alpha value is -1.26. The molecule has 5 heteroatoms. The summed E-state index contributed by atoms with van der Waals surface area (Å²) in [6.07, 6.45) is 0.0151. The van der Waals surface area contributed by atoms with E-state index in [0.29, 0.717) is 22.8 Å². The number of carbonyl (C=O) groups excluding carboxylic acids is 1. The number of esters is 1. The molecule has 0 radical (unpaired) electrons. The normalized spacial score (nSPS) is 12.2. The smallest absolute Gasteiger partial charge is 0.307 e. The first-order valence-electron chi connectivity index (χ1n) is 5.36. The van der Waals surface area contributed by atoms with Gasteiger partial charge < -0.3 is 15.6 Å². The maximum atomic E-state index is 11.3. The Morgan fingerprint density at radius 2 is 2.24 bits per heavy atom. The fourth-order valence-corrected chi connectivity index (χ4v) is 1.83. The number of carbonyl (C=O) groups is 1. The Labute approximate surface area is 105 Å². The van der Waals surface area contributed by atoms with Gasteiger partial charge in [-0.1, -0.05) is 11.6 Å². The van der Waals surface area contributed by atoms with Crippen molar-refractivity contribution in [3.63, 3.8) is 0 Å². The lowest BCUT2D eigenvalue weighted by Crippen LogP contribution is -2.17. The molecule has 4 nitrogen and oxygen atoms in total. The van der Waals surface area contributed by atoms with E-state index in [0.717, 1.165) is 0 Å². The van der Waals surface area contributed by atoms with Gasteiger partial charge in [-0.2, -0.15) is 0 Å². The number of phenolic OH excluding ortho intramolecular Hbond substituents is 1. The van der Waals surface area contributed by atoms with E-state index in [1.165, 1.54) is 0 Å². The van der Waals surface area contributed by atoms with Crippen LogP contribution in [0.3, 0.4) is 0 Å². The maximum absolute atomic E-state index is 11.3. The highest BCUT2D eigenvalue weighted by Crippen LogP contribution is 2.31. The monoisotopic (exact) mass is 257 g/mol. The molecule has 0 spiro atoms. The average molecular weight is 258 g/mol. The summed E-state index contributed by atoms with van der Waals surface area (Å²) < 4.78 is 4.80. The minimum atomic E-state index is -0.619. The molecular formula is C12H16ClNO3. The summed E-state index contributed by atoms with van der Waals surface area (Å²) >= 11 is 5.88. The van der Waals surface area contributed by atoms with Crippen LogP contribution in [0.25, 0.3) is 0 Å². The number of hydrogen-bond donors (Lipinski definition) is 2. The van der Waals surface area contributed by atoms with E-state index in [4.69, 9.17) is 22.1 Å². The second-order valence-corrected chi connectivity index (χ2v) is 4.21. The Kier molecular flexibility index (Phi) is 4.78. The van der Waals surface area contributed by atoms with Gasteiger partial charge in [-0.25, -0.2) is 0 Å². The van der Waals surface area contributed by atoms with Crippen LogP contribution in [0.2, 0.25) is 5.02 Å². The van der Waals surface area contributed by atoms with Crippen LogP contribution in [0, 0.1) is 6.92 Å². The van der Waals surface area contributed by atoms with Crippen LogP contribution in [0.4, 0.5) is 0 Å². The number of nitrogens with two attached hydrogens (primary N) is 1. The first kappa shape index (κ1) is 13.8. The Morgan fingerprint density at radius 3 is 2.82 bits per heavy atom. The Bertz CT molecular complexity index is 420. The first-order chi connectivity index (χ1) is 7.95. The molecule has 1 atom stereocenters. The number of hydrogen-bond acceptors (Lipinski definition) is 4. The van der Waals surface area contributed by atoms with Gasteiger partial charge in [-0.15, -0.1) is 0 Å². The van der Waals surface area contributed by atoms with Crippen LogP contribution >= 0.6 is 11.6 Å². The molecule has 94 valence electrons. The number of phenols is 1. The van der Waals surface area contributed by atoms with Crippen LogP contribution in [0.5, 0.6) is 5.75 Å². The molecule has 0 saturated carbocycles. The number of benzene rings is 1. The standard InChI is InChI=1S/C12H16ClNO3/c1-3-17-11(15)6-10(14)9-5-8(13)4-7(2)12(9)16/h4-5,10,16H,3,6,14H2,1-2H3/t10-/m1/s1. The van der Waals surface area contributed by atoms with Crippen molar-refractivity contribution in [2.45, 2.75) is 26.3 Å². The summed E-state index contributed by atoms with van der Waals surface area (Å²) in [5, 5.41) is 10.3. The van der Waals surface area contributed by atoms with Crippen LogP contribution in [-0.2, 0) is 9.53 Å². The zero-order chi connectivity index (χ0) is 13.0. The summed E-state index contributed by atoms with van der Waals surface area (Å²) in [5.74, 6) is -0.316. The topological polar surface area (TPSA) is 72.5 Å². The van der Waals surface area contributed by atoms with Gasteiger partial charge in [0.25, 0.3) is 0 Å². The molecule has 0 aliphatic rings. The zero-order valence-corrected chi connectivity index (χ0v) is 10.6. The number of rotatable bonds is 4. The molecule has 17 heavy (non-hydrogen) atoms. The molecule has 0 saturated heterocycles. The van der Waals surface area contributed by atoms with Crippen molar-refractivity contribution in [3.05, 3.63) is 28.3 Å². The fraction of sp³-hybridized carbons (Fsp3) is 0.417. The largest absolute Gasteiger partial charge is 0.507 e. The first-order valence-corrected chi connectivity index (χ1v) is 5.73. The fourth-order valence-electron chi connectivity index (χ4n) is 1.55. The van der Waals surface area contributed by atoms with E-state index in [9.17, 15) is 9.90 Å². The number of halogens is 1. The number of aromatic hydroxyl groups is 1. The third-order valence-electron chi connectivity index (χ3n) is 2.39. The lowest BCUT2D eigenvalue weighted by molar-refractivity contribution is -0.143. The van der Waals surface area contributed by atoms with Crippen LogP contribution < -0.4 is 5.73 Å². The van der Waals surface area contributed by atoms with Crippen LogP contribution in [-0.4, -0.2) is 17.7 Å². The molecule has 0 bridgehead atoms. The highest BCUT2D eigenvalue weighted by atomic mass is 35.5. The molecule has 0 heterocycles. The Morgan fingerprint density at radius 1 is 1.59 bits per heavy atom. The highest BCUT2D eigenvalue weighted by molar-refractivity contribution is 6.30. The summed E-state index contributed by atoms with van der Waals surface area (Å²) in [5.41, 5.74) is 6.94. The van der Waals surface area contributed by atoms with E-state index < -0.39 is 12.0 Å². The molecule has 0 unspecified atom stereocenters. The summed E-state index contributed by atoms with van der Waals surface area (Å²) in [4.78, 5) is 11.3. The number of aryl methyl sites for hydroxylation is 1. The van der Waals surface area contributed by atoms with Gasteiger partial charge in [-0.05, 0) is 31.5 Å². The summed E-state index contributed by atoms with van der Waals surface area (Å²) in [6, 6.07) is 2.58. The van der Waals surface area contributed by atoms with Crippen molar-refractivity contribution in [1.82, 2.24) is 0 Å². The minimum Gasteiger partial charge on any atom is -0.507 e. The van der Waals surface area contributed by atoms with E-state index >= 15 is 0 Å². The molecule has 0 amide bonds. The lowest BCUT2D eigenvalue weighted by Gasteiger charge is -2.14. The van der Waals surface area contributed by atoms with Crippen molar-refractivity contribution in [2.24, 2.45) is 5.73 Å². The average Bonchev–Trinajstić information content (AvgIpc) is 2.23. The zero-order valence-electron chi connectivity index (χ0n) is 9.87.